The largest absolute Gasteiger partial charge is 0.350 e. The Morgan fingerprint density at radius 3 is 3.00 bits per heavy atom. The fraction of sp³-hybridized carbons (Fsp3) is 0.643. The van der Waals surface area contributed by atoms with Gasteiger partial charge in [0, 0.05) is 18.6 Å². The van der Waals surface area contributed by atoms with E-state index in [4.69, 9.17) is 0 Å². The lowest BCUT2D eigenvalue weighted by molar-refractivity contribution is 0.392. The van der Waals surface area contributed by atoms with Crippen LogP contribution in [0.3, 0.4) is 0 Å². The maximum Gasteiger partial charge on any atom is 0.169 e. The van der Waals surface area contributed by atoms with Gasteiger partial charge < -0.3 is 10.2 Å². The molecule has 1 aromatic rings. The third-order valence-corrected chi connectivity index (χ3v) is 3.55. The second-order valence-corrected chi connectivity index (χ2v) is 5.27. The summed E-state index contributed by atoms with van der Waals surface area (Å²) in [6.07, 6.45) is 5.28. The highest BCUT2D eigenvalue weighted by Crippen LogP contribution is 2.20. The average molecular weight is 259 g/mol. The minimum absolute atomic E-state index is 0.299. The number of rotatable bonds is 4. The Labute approximate surface area is 114 Å². The Balaban J connectivity index is 2.17. The van der Waals surface area contributed by atoms with Crippen molar-refractivity contribution in [1.82, 2.24) is 15.5 Å². The molecular weight excluding hydrogens is 238 g/mol. The third-order valence-electron chi connectivity index (χ3n) is 3.55. The van der Waals surface area contributed by atoms with Crippen LogP contribution >= 0.6 is 0 Å². The van der Waals surface area contributed by atoms with Gasteiger partial charge in [-0.3, -0.25) is 0 Å². The predicted molar refractivity (Wildman–Crippen MR) is 74.9 cm³/mol. The van der Waals surface area contributed by atoms with Gasteiger partial charge in [-0.2, -0.15) is 10.4 Å². The molecule has 0 bridgehead atoms. The van der Waals surface area contributed by atoms with Crippen LogP contribution in [0.5, 0.6) is 0 Å². The predicted octanol–water partition coefficient (Wildman–Crippen LogP) is 1.71. The van der Waals surface area contributed by atoms with E-state index in [0.29, 0.717) is 23.5 Å². The van der Waals surface area contributed by atoms with Crippen molar-refractivity contribution in [3.05, 3.63) is 17.8 Å². The van der Waals surface area contributed by atoms with Crippen LogP contribution in [0.4, 0.5) is 5.82 Å². The standard InChI is InChI=1S/C14H21N5/c1-11(2)19(10-13-5-3-4-7-16-13)14-12(9-15)6-8-17-18-14/h6,8,11,13,16H,3-5,7,10H2,1-2H3. The fourth-order valence-electron chi connectivity index (χ4n) is 2.48. The van der Waals surface area contributed by atoms with E-state index in [2.05, 4.69) is 40.3 Å². The number of hydrogen-bond donors (Lipinski definition) is 1. The highest BCUT2D eigenvalue weighted by Gasteiger charge is 2.22. The molecule has 5 nitrogen and oxygen atoms in total. The number of hydrogen-bond acceptors (Lipinski definition) is 5. The highest BCUT2D eigenvalue weighted by atomic mass is 15.3. The van der Waals surface area contributed by atoms with Crippen molar-refractivity contribution < 1.29 is 0 Å². The second kappa shape index (κ2) is 6.48. The molecule has 1 unspecified atom stereocenters. The number of nitriles is 1. The van der Waals surface area contributed by atoms with Crippen molar-refractivity contribution in [2.24, 2.45) is 0 Å². The zero-order valence-corrected chi connectivity index (χ0v) is 11.6. The zero-order valence-electron chi connectivity index (χ0n) is 11.6. The van der Waals surface area contributed by atoms with Gasteiger partial charge in [0.25, 0.3) is 0 Å². The molecule has 102 valence electrons. The van der Waals surface area contributed by atoms with Crippen LogP contribution in [0.2, 0.25) is 0 Å². The average Bonchev–Trinajstić information content (AvgIpc) is 2.45. The van der Waals surface area contributed by atoms with Crippen LogP contribution in [0.25, 0.3) is 0 Å². The molecule has 0 radical (unpaired) electrons. The fourth-order valence-corrected chi connectivity index (χ4v) is 2.48. The SMILES string of the molecule is CC(C)N(CC1CCCCN1)c1nnccc1C#N. The summed E-state index contributed by atoms with van der Waals surface area (Å²) in [6, 6.07) is 4.71. The first-order chi connectivity index (χ1) is 9.22. The normalized spacial score (nSPS) is 19.2. The van der Waals surface area contributed by atoms with Gasteiger partial charge in [0.2, 0.25) is 0 Å². The number of nitrogens with one attached hydrogen (secondary N) is 1. The summed E-state index contributed by atoms with van der Waals surface area (Å²) >= 11 is 0. The molecule has 0 aliphatic carbocycles. The van der Waals surface area contributed by atoms with Crippen molar-refractivity contribution in [3.8, 4) is 6.07 Å². The summed E-state index contributed by atoms with van der Waals surface area (Å²) in [5.41, 5.74) is 0.597. The van der Waals surface area contributed by atoms with Crippen LogP contribution < -0.4 is 10.2 Å². The first kappa shape index (κ1) is 13.8. The molecule has 0 spiro atoms. The smallest absolute Gasteiger partial charge is 0.169 e. The maximum atomic E-state index is 9.19. The minimum Gasteiger partial charge on any atom is -0.350 e. The van der Waals surface area contributed by atoms with Crippen molar-refractivity contribution in [2.45, 2.75) is 45.2 Å². The molecule has 2 rings (SSSR count). The molecule has 1 atom stereocenters. The van der Waals surface area contributed by atoms with Crippen LogP contribution in [0.1, 0.15) is 38.7 Å². The van der Waals surface area contributed by atoms with Crippen LogP contribution in [-0.4, -0.2) is 35.4 Å². The van der Waals surface area contributed by atoms with Gasteiger partial charge in [0.05, 0.1) is 11.8 Å². The Kier molecular flexibility index (Phi) is 4.69. The molecule has 2 heterocycles. The first-order valence-electron chi connectivity index (χ1n) is 6.94. The van der Waals surface area contributed by atoms with Crippen molar-refractivity contribution in [1.29, 1.82) is 5.26 Å². The van der Waals surface area contributed by atoms with Crippen molar-refractivity contribution in [2.75, 3.05) is 18.0 Å². The molecule has 0 saturated carbocycles. The topological polar surface area (TPSA) is 64.8 Å². The van der Waals surface area contributed by atoms with Crippen LogP contribution in [0.15, 0.2) is 12.3 Å². The quantitative estimate of drug-likeness (QED) is 0.891. The number of piperidine rings is 1. The summed E-state index contributed by atoms with van der Waals surface area (Å²) in [5, 5.41) is 20.8. The van der Waals surface area contributed by atoms with Gasteiger partial charge in [0.15, 0.2) is 5.82 Å². The summed E-state index contributed by atoms with van der Waals surface area (Å²) < 4.78 is 0. The molecule has 5 heteroatoms. The van der Waals surface area contributed by atoms with Gasteiger partial charge in [-0.1, -0.05) is 6.42 Å². The van der Waals surface area contributed by atoms with Crippen LogP contribution in [-0.2, 0) is 0 Å². The van der Waals surface area contributed by atoms with E-state index in [1.54, 1.807) is 12.3 Å². The molecule has 1 aliphatic rings. The second-order valence-electron chi connectivity index (χ2n) is 5.27. The lowest BCUT2D eigenvalue weighted by atomic mass is 10.0. The Hall–Kier alpha value is -1.67. The highest BCUT2D eigenvalue weighted by molar-refractivity contribution is 5.53. The van der Waals surface area contributed by atoms with Gasteiger partial charge in [-0.05, 0) is 39.3 Å². The molecule has 1 fully saturated rings. The zero-order chi connectivity index (χ0) is 13.7. The number of anilines is 1. The molecule has 19 heavy (non-hydrogen) atoms. The Morgan fingerprint density at radius 2 is 2.37 bits per heavy atom. The minimum atomic E-state index is 0.299. The molecule has 1 aromatic heterocycles. The Morgan fingerprint density at radius 1 is 1.53 bits per heavy atom. The molecule has 0 amide bonds. The van der Waals surface area contributed by atoms with Gasteiger partial charge in [-0.15, -0.1) is 5.10 Å². The monoisotopic (exact) mass is 259 g/mol. The molecule has 1 N–H and O–H groups in total. The summed E-state index contributed by atoms with van der Waals surface area (Å²) in [5.74, 6) is 0.701. The van der Waals surface area contributed by atoms with Gasteiger partial charge in [-0.25, -0.2) is 0 Å². The van der Waals surface area contributed by atoms with E-state index in [1.807, 2.05) is 0 Å². The Bertz CT molecular complexity index is 445. The lowest BCUT2D eigenvalue weighted by Crippen LogP contribution is -2.46. The molecule has 1 saturated heterocycles. The lowest BCUT2D eigenvalue weighted by Gasteiger charge is -2.34. The van der Waals surface area contributed by atoms with E-state index < -0.39 is 0 Å². The van der Waals surface area contributed by atoms with E-state index in [9.17, 15) is 5.26 Å². The van der Waals surface area contributed by atoms with Crippen molar-refractivity contribution >= 4 is 5.82 Å². The summed E-state index contributed by atoms with van der Waals surface area (Å²) in [4.78, 5) is 2.18. The van der Waals surface area contributed by atoms with Gasteiger partial charge in [0.1, 0.15) is 6.07 Å². The maximum absolute atomic E-state index is 9.19. The van der Waals surface area contributed by atoms with Crippen LogP contribution in [0, 0.1) is 11.3 Å². The molecule has 1 aliphatic heterocycles. The van der Waals surface area contributed by atoms with E-state index >= 15 is 0 Å². The summed E-state index contributed by atoms with van der Waals surface area (Å²) in [6.45, 7) is 6.21. The summed E-state index contributed by atoms with van der Waals surface area (Å²) in [7, 11) is 0. The van der Waals surface area contributed by atoms with Gasteiger partial charge >= 0.3 is 0 Å². The number of aromatic nitrogens is 2. The molecule has 0 aromatic carbocycles. The van der Waals surface area contributed by atoms with E-state index in [0.717, 1.165) is 13.1 Å². The van der Waals surface area contributed by atoms with Crippen molar-refractivity contribution in [3.63, 3.8) is 0 Å². The van der Waals surface area contributed by atoms with E-state index in [-0.39, 0.29) is 0 Å². The third kappa shape index (κ3) is 3.42. The first-order valence-corrected chi connectivity index (χ1v) is 6.94. The number of nitrogens with zero attached hydrogens (tertiary/aromatic N) is 4. The van der Waals surface area contributed by atoms with E-state index in [1.165, 1.54) is 19.3 Å². The molecular formula is C14H21N5.